The summed E-state index contributed by atoms with van der Waals surface area (Å²) in [7, 11) is 0. The quantitative estimate of drug-likeness (QED) is 0.424. The molecule has 3 N–H and O–H groups in total. The normalized spacial score (nSPS) is 15.8. The van der Waals surface area contributed by atoms with Gasteiger partial charge in [-0.25, -0.2) is 14.5 Å². The number of piperidine rings is 1. The largest absolute Gasteiger partial charge is 0.439 e. The first-order valence-electron chi connectivity index (χ1n) is 11.0. The highest BCUT2D eigenvalue weighted by Crippen LogP contribution is 2.34. The lowest BCUT2D eigenvalue weighted by atomic mass is 10.1. The van der Waals surface area contributed by atoms with Crippen LogP contribution in [0.1, 0.15) is 18.9 Å². The molecule has 1 atom stereocenters. The van der Waals surface area contributed by atoms with Gasteiger partial charge in [-0.2, -0.15) is 10.2 Å². The maximum Gasteiger partial charge on any atom is 0.290 e. The first-order valence-corrected chi connectivity index (χ1v) is 11.0. The number of rotatable bonds is 5. The summed E-state index contributed by atoms with van der Waals surface area (Å²) in [5.74, 6) is 0.279. The molecule has 0 aliphatic carbocycles. The zero-order valence-electron chi connectivity index (χ0n) is 18.6. The molecule has 4 aromatic rings. The highest BCUT2D eigenvalue weighted by Gasteiger charge is 2.28. The molecule has 1 unspecified atom stereocenters. The Bertz CT molecular complexity index is 1460. The van der Waals surface area contributed by atoms with Crippen LogP contribution in [0.25, 0.3) is 22.2 Å². The standard InChI is InChI=1S/C24H22FN7O3/c1-2-19(33)31-11-3-4-16(13-31)32-22-20(23(26)28-29-24(22)34)21(30-32)14-5-8-17(9-6-14)35-18-10-7-15(25)12-27-18/h2,5-10,12,16H,1,3-4,11,13H2,(H2,26,28)(H,29,34). The van der Waals surface area contributed by atoms with Crippen LogP contribution in [-0.4, -0.2) is 48.9 Å². The van der Waals surface area contributed by atoms with Gasteiger partial charge in [-0.3, -0.25) is 14.3 Å². The summed E-state index contributed by atoms with van der Waals surface area (Å²) in [5.41, 5.74) is 7.26. The van der Waals surface area contributed by atoms with Gasteiger partial charge < -0.3 is 15.4 Å². The van der Waals surface area contributed by atoms with Crippen LogP contribution in [0.5, 0.6) is 11.6 Å². The number of carbonyl (C=O) groups is 1. The van der Waals surface area contributed by atoms with Gasteiger partial charge in [-0.15, -0.1) is 0 Å². The average molecular weight is 475 g/mol. The van der Waals surface area contributed by atoms with Gasteiger partial charge in [0.1, 0.15) is 22.8 Å². The summed E-state index contributed by atoms with van der Waals surface area (Å²) < 4.78 is 20.4. The highest BCUT2D eigenvalue weighted by molar-refractivity contribution is 5.99. The number of amides is 1. The Morgan fingerprint density at radius 3 is 2.77 bits per heavy atom. The van der Waals surface area contributed by atoms with Crippen LogP contribution in [0, 0.1) is 5.82 Å². The fourth-order valence-electron chi connectivity index (χ4n) is 4.29. The number of fused-ring (bicyclic) bond motifs is 1. The zero-order chi connectivity index (χ0) is 24.5. The minimum atomic E-state index is -0.453. The Labute approximate surface area is 198 Å². The first-order chi connectivity index (χ1) is 16.9. The number of aromatic amines is 1. The number of nitrogen functional groups attached to an aromatic ring is 1. The zero-order valence-corrected chi connectivity index (χ0v) is 18.6. The van der Waals surface area contributed by atoms with E-state index in [9.17, 15) is 14.0 Å². The highest BCUT2D eigenvalue weighted by atomic mass is 19.1. The fraction of sp³-hybridized carbons (Fsp3) is 0.208. The molecular formula is C24H22FN7O3. The van der Waals surface area contributed by atoms with E-state index in [0.717, 1.165) is 19.0 Å². The summed E-state index contributed by atoms with van der Waals surface area (Å²) in [6.07, 6.45) is 3.87. The van der Waals surface area contributed by atoms with Gasteiger partial charge in [0, 0.05) is 24.7 Å². The van der Waals surface area contributed by atoms with Crippen molar-refractivity contribution in [1.82, 2.24) is 29.9 Å². The monoisotopic (exact) mass is 475 g/mol. The number of likely N-dealkylation sites (tertiary alicyclic amines) is 1. The van der Waals surface area contributed by atoms with Crippen molar-refractivity contribution in [2.75, 3.05) is 18.8 Å². The summed E-state index contributed by atoms with van der Waals surface area (Å²) >= 11 is 0. The van der Waals surface area contributed by atoms with Crippen molar-refractivity contribution in [3.05, 3.63) is 71.4 Å². The van der Waals surface area contributed by atoms with Crippen molar-refractivity contribution in [2.24, 2.45) is 0 Å². The molecule has 0 bridgehead atoms. The van der Waals surface area contributed by atoms with Crippen LogP contribution in [0.3, 0.4) is 0 Å². The number of nitrogens with one attached hydrogen (secondary N) is 1. The van der Waals surface area contributed by atoms with Gasteiger partial charge in [0.25, 0.3) is 5.56 Å². The molecule has 1 aromatic carbocycles. The number of hydrogen-bond acceptors (Lipinski definition) is 7. The SMILES string of the molecule is C=CC(=O)N1CCCC(n2nc(-c3ccc(Oc4ccc(F)cn4)cc3)c3c(N)n[nH]c(=O)c32)C1. The maximum absolute atomic E-state index is 13.1. The molecule has 35 heavy (non-hydrogen) atoms. The Hall–Kier alpha value is -4.54. The van der Waals surface area contributed by atoms with Crippen LogP contribution in [0.15, 0.2) is 60.0 Å². The van der Waals surface area contributed by atoms with Gasteiger partial charge in [0.2, 0.25) is 11.8 Å². The minimum Gasteiger partial charge on any atom is -0.439 e. The third-order valence-electron chi connectivity index (χ3n) is 5.94. The van der Waals surface area contributed by atoms with Gasteiger partial charge in [0.05, 0.1) is 17.6 Å². The summed E-state index contributed by atoms with van der Waals surface area (Å²) in [6, 6.07) is 9.47. The smallest absolute Gasteiger partial charge is 0.290 e. The molecule has 1 fully saturated rings. The molecule has 1 aliphatic heterocycles. The van der Waals surface area contributed by atoms with E-state index in [4.69, 9.17) is 15.6 Å². The minimum absolute atomic E-state index is 0.145. The number of pyridine rings is 1. The van der Waals surface area contributed by atoms with Crippen molar-refractivity contribution in [2.45, 2.75) is 18.9 Å². The number of carbonyl (C=O) groups excluding carboxylic acids is 1. The van der Waals surface area contributed by atoms with E-state index in [1.807, 2.05) is 0 Å². The second-order valence-electron chi connectivity index (χ2n) is 8.18. The molecule has 4 heterocycles. The lowest BCUT2D eigenvalue weighted by Gasteiger charge is -2.32. The number of ether oxygens (including phenoxy) is 1. The van der Waals surface area contributed by atoms with Gasteiger partial charge >= 0.3 is 0 Å². The molecule has 10 nitrogen and oxygen atoms in total. The van der Waals surface area contributed by atoms with Crippen molar-refractivity contribution >= 4 is 22.6 Å². The van der Waals surface area contributed by atoms with E-state index in [1.54, 1.807) is 33.8 Å². The van der Waals surface area contributed by atoms with E-state index in [2.05, 4.69) is 21.8 Å². The summed E-state index contributed by atoms with van der Waals surface area (Å²) in [4.78, 5) is 30.6. The van der Waals surface area contributed by atoms with Crippen molar-refractivity contribution in [3.8, 4) is 22.9 Å². The number of halogens is 1. The Morgan fingerprint density at radius 1 is 1.26 bits per heavy atom. The lowest BCUT2D eigenvalue weighted by Crippen LogP contribution is -2.40. The number of nitrogens with zero attached hydrogens (tertiary/aromatic N) is 5. The van der Waals surface area contributed by atoms with Crippen LogP contribution in [0.4, 0.5) is 10.2 Å². The molecule has 11 heteroatoms. The molecular weight excluding hydrogens is 453 g/mol. The third-order valence-corrected chi connectivity index (χ3v) is 5.94. The van der Waals surface area contributed by atoms with E-state index >= 15 is 0 Å². The number of nitrogens with two attached hydrogens (primary N) is 1. The number of anilines is 1. The van der Waals surface area contributed by atoms with Gasteiger partial charge in [-0.1, -0.05) is 6.58 Å². The Morgan fingerprint density at radius 2 is 2.06 bits per heavy atom. The van der Waals surface area contributed by atoms with Crippen LogP contribution in [0.2, 0.25) is 0 Å². The van der Waals surface area contributed by atoms with E-state index < -0.39 is 11.4 Å². The summed E-state index contributed by atoms with van der Waals surface area (Å²) in [5, 5.41) is 11.6. The maximum atomic E-state index is 13.1. The molecule has 0 radical (unpaired) electrons. The van der Waals surface area contributed by atoms with Crippen molar-refractivity contribution < 1.29 is 13.9 Å². The van der Waals surface area contributed by atoms with Crippen LogP contribution in [-0.2, 0) is 4.79 Å². The third kappa shape index (κ3) is 4.23. The van der Waals surface area contributed by atoms with E-state index in [1.165, 1.54) is 18.2 Å². The molecule has 5 rings (SSSR count). The van der Waals surface area contributed by atoms with E-state index in [-0.39, 0.29) is 23.6 Å². The molecule has 0 spiro atoms. The van der Waals surface area contributed by atoms with Crippen LogP contribution >= 0.6 is 0 Å². The average Bonchev–Trinajstić information content (AvgIpc) is 3.30. The number of hydrogen-bond donors (Lipinski definition) is 2. The molecule has 1 aliphatic rings. The van der Waals surface area contributed by atoms with Gasteiger partial charge in [-0.05, 0) is 49.2 Å². The van der Waals surface area contributed by atoms with Crippen LogP contribution < -0.4 is 16.0 Å². The lowest BCUT2D eigenvalue weighted by molar-refractivity contribution is -0.127. The molecule has 1 amide bonds. The Balaban J connectivity index is 1.53. The van der Waals surface area contributed by atoms with Gasteiger partial charge in [0.15, 0.2) is 5.82 Å². The predicted molar refractivity (Wildman–Crippen MR) is 127 cm³/mol. The van der Waals surface area contributed by atoms with Crippen molar-refractivity contribution in [1.29, 1.82) is 0 Å². The van der Waals surface area contributed by atoms with E-state index in [0.29, 0.717) is 41.0 Å². The number of benzene rings is 1. The fourth-order valence-corrected chi connectivity index (χ4v) is 4.29. The molecule has 178 valence electrons. The van der Waals surface area contributed by atoms with Crippen molar-refractivity contribution in [3.63, 3.8) is 0 Å². The molecule has 3 aromatic heterocycles. The molecule has 0 saturated carbocycles. The Kier molecular flexibility index (Phi) is 5.73. The number of aromatic nitrogens is 5. The first kappa shape index (κ1) is 22.3. The second-order valence-corrected chi connectivity index (χ2v) is 8.18. The molecule has 1 saturated heterocycles. The topological polar surface area (TPSA) is 132 Å². The summed E-state index contributed by atoms with van der Waals surface area (Å²) in [6.45, 7) is 4.59. The number of H-pyrrole nitrogens is 1. The second kappa shape index (κ2) is 9.01. The predicted octanol–water partition coefficient (Wildman–Crippen LogP) is 3.04.